The van der Waals surface area contributed by atoms with Gasteiger partial charge in [-0.05, 0) is 60.6 Å². The van der Waals surface area contributed by atoms with E-state index in [0.717, 1.165) is 62.6 Å². The Bertz CT molecular complexity index is 788. The molecule has 0 spiro atoms. The minimum absolute atomic E-state index is 0.0368. The topological polar surface area (TPSA) is 53.9 Å². The van der Waals surface area contributed by atoms with Crippen LogP contribution in [-0.2, 0) is 9.53 Å². The van der Waals surface area contributed by atoms with Crippen LogP contribution in [0.3, 0.4) is 0 Å². The van der Waals surface area contributed by atoms with Crippen LogP contribution in [0.2, 0.25) is 5.02 Å². The number of nitrogens with one attached hydrogen (secondary N) is 1. The number of ether oxygens (including phenoxy) is 1. The van der Waals surface area contributed by atoms with E-state index in [1.54, 1.807) is 0 Å². The molecule has 1 aromatic carbocycles. The molecule has 0 radical (unpaired) electrons. The van der Waals surface area contributed by atoms with Gasteiger partial charge in [0.15, 0.2) is 0 Å². The molecule has 0 unspecified atom stereocenters. The Balaban J connectivity index is 1.58. The van der Waals surface area contributed by atoms with Gasteiger partial charge in [0.1, 0.15) is 0 Å². The van der Waals surface area contributed by atoms with Crippen LogP contribution in [0, 0.1) is 5.92 Å². The van der Waals surface area contributed by atoms with Gasteiger partial charge >= 0.3 is 0 Å². The summed E-state index contributed by atoms with van der Waals surface area (Å²) in [6.45, 7) is 3.22. The molecule has 1 N–H and O–H groups in total. The minimum atomic E-state index is 0.0368. The molecular formula is C21H24ClN3O2. The second kappa shape index (κ2) is 8.28. The van der Waals surface area contributed by atoms with Gasteiger partial charge in [0.2, 0.25) is 5.91 Å². The zero-order chi connectivity index (χ0) is 18.6. The monoisotopic (exact) mass is 385 g/mol. The lowest BCUT2D eigenvalue weighted by molar-refractivity contribution is -0.122. The van der Waals surface area contributed by atoms with E-state index < -0.39 is 0 Å². The summed E-state index contributed by atoms with van der Waals surface area (Å²) in [5.41, 5.74) is 7.53. The Hall–Kier alpha value is -2.11. The molecule has 6 heteroatoms. The van der Waals surface area contributed by atoms with E-state index in [-0.39, 0.29) is 11.8 Å². The highest BCUT2D eigenvalue weighted by atomic mass is 35.5. The molecule has 0 bridgehead atoms. The van der Waals surface area contributed by atoms with E-state index in [4.69, 9.17) is 16.3 Å². The van der Waals surface area contributed by atoms with Crippen LogP contribution in [0.15, 0.2) is 46.2 Å². The molecule has 142 valence electrons. The molecule has 5 nitrogen and oxygen atoms in total. The van der Waals surface area contributed by atoms with Gasteiger partial charge in [-0.3, -0.25) is 4.79 Å². The summed E-state index contributed by atoms with van der Waals surface area (Å²) in [5, 5.41) is 4.97. The fraction of sp³-hybridized carbons (Fsp3) is 0.429. The number of rotatable bonds is 5. The molecule has 0 aromatic heterocycles. The second-order valence-electron chi connectivity index (χ2n) is 7.20. The normalized spacial score (nSPS) is 22.1. The van der Waals surface area contributed by atoms with Crippen molar-refractivity contribution >= 4 is 29.8 Å². The first kappa shape index (κ1) is 18.3. The van der Waals surface area contributed by atoms with Crippen molar-refractivity contribution in [3.8, 4) is 0 Å². The Labute approximate surface area is 164 Å². The van der Waals surface area contributed by atoms with Crippen molar-refractivity contribution < 1.29 is 9.53 Å². The number of allylic oxidation sites excluding steroid dienone is 2. The fourth-order valence-corrected chi connectivity index (χ4v) is 3.67. The zero-order valence-corrected chi connectivity index (χ0v) is 16.0. The number of carbonyl (C=O) groups excluding carboxylic acids is 1. The summed E-state index contributed by atoms with van der Waals surface area (Å²) in [6, 6.07) is 7.90. The molecule has 0 atom stereocenters. The van der Waals surface area contributed by atoms with Crippen LogP contribution in [0.25, 0.3) is 6.08 Å². The molecule has 4 rings (SSSR count). The highest BCUT2D eigenvalue weighted by Crippen LogP contribution is 2.35. The van der Waals surface area contributed by atoms with Gasteiger partial charge in [-0.2, -0.15) is 5.10 Å². The summed E-state index contributed by atoms with van der Waals surface area (Å²) in [4.78, 5) is 14.2. The van der Waals surface area contributed by atoms with Gasteiger partial charge < -0.3 is 9.64 Å². The molecule has 27 heavy (non-hydrogen) atoms. The lowest BCUT2D eigenvalue weighted by atomic mass is 10.1. The molecule has 1 amide bonds. The zero-order valence-electron chi connectivity index (χ0n) is 15.3. The van der Waals surface area contributed by atoms with Gasteiger partial charge in [-0.15, -0.1) is 0 Å². The van der Waals surface area contributed by atoms with Crippen molar-refractivity contribution in [1.29, 1.82) is 0 Å². The summed E-state index contributed by atoms with van der Waals surface area (Å²) < 4.78 is 5.52. The van der Waals surface area contributed by atoms with Crippen molar-refractivity contribution in [2.24, 2.45) is 11.0 Å². The molecular weight excluding hydrogens is 362 g/mol. The molecule has 1 aliphatic heterocycles. The Morgan fingerprint density at radius 3 is 2.63 bits per heavy atom. The lowest BCUT2D eigenvalue weighted by Crippen LogP contribution is -2.36. The molecule has 2 aliphatic carbocycles. The van der Waals surface area contributed by atoms with Gasteiger partial charge in [0, 0.05) is 29.7 Å². The van der Waals surface area contributed by atoms with E-state index in [2.05, 4.69) is 21.5 Å². The summed E-state index contributed by atoms with van der Waals surface area (Å²) >= 11 is 6.01. The van der Waals surface area contributed by atoms with Gasteiger partial charge in [0.25, 0.3) is 0 Å². The summed E-state index contributed by atoms with van der Waals surface area (Å²) in [6.07, 6.45) is 7.91. The van der Waals surface area contributed by atoms with Crippen molar-refractivity contribution in [1.82, 2.24) is 10.3 Å². The maximum absolute atomic E-state index is 11.8. The van der Waals surface area contributed by atoms with Crippen LogP contribution in [0.1, 0.15) is 31.2 Å². The van der Waals surface area contributed by atoms with Crippen molar-refractivity contribution in [3.05, 3.63) is 51.7 Å². The number of amides is 1. The average Bonchev–Trinajstić information content (AvgIpc) is 3.47. The van der Waals surface area contributed by atoms with E-state index in [1.807, 2.05) is 30.5 Å². The number of hydrogen-bond acceptors (Lipinski definition) is 4. The van der Waals surface area contributed by atoms with Gasteiger partial charge in [0.05, 0.1) is 19.4 Å². The number of hydrazone groups is 1. The molecule has 3 aliphatic rings. The fourth-order valence-electron chi connectivity index (χ4n) is 3.54. The molecule has 2 fully saturated rings. The average molecular weight is 386 g/mol. The van der Waals surface area contributed by atoms with E-state index in [0.29, 0.717) is 0 Å². The molecule has 1 aromatic rings. The third-order valence-corrected chi connectivity index (χ3v) is 5.41. The van der Waals surface area contributed by atoms with Crippen LogP contribution in [0.4, 0.5) is 0 Å². The SMILES string of the molecule is O=C(NN=CC1=C(N2CCOCC2)C(=Cc2ccc(Cl)cc2)CC1)C1CC1. The Kier molecular flexibility index (Phi) is 5.60. The summed E-state index contributed by atoms with van der Waals surface area (Å²) in [5.74, 6) is 0.202. The number of carbonyl (C=O) groups is 1. The predicted octanol–water partition coefficient (Wildman–Crippen LogP) is 3.62. The second-order valence-corrected chi connectivity index (χ2v) is 7.64. The smallest absolute Gasteiger partial charge is 0.243 e. The first-order valence-corrected chi connectivity index (χ1v) is 9.94. The number of halogens is 1. The van der Waals surface area contributed by atoms with Crippen molar-refractivity contribution in [2.75, 3.05) is 26.3 Å². The Morgan fingerprint density at radius 1 is 1.19 bits per heavy atom. The van der Waals surface area contributed by atoms with Crippen LogP contribution < -0.4 is 5.43 Å². The first-order chi connectivity index (χ1) is 13.2. The molecule has 1 heterocycles. The quantitative estimate of drug-likeness (QED) is 0.622. The van der Waals surface area contributed by atoms with Crippen LogP contribution in [-0.4, -0.2) is 43.3 Å². The molecule has 1 saturated heterocycles. The first-order valence-electron chi connectivity index (χ1n) is 9.56. The number of hydrogen-bond donors (Lipinski definition) is 1. The third kappa shape index (κ3) is 4.60. The van der Waals surface area contributed by atoms with E-state index in [1.165, 1.54) is 16.8 Å². The van der Waals surface area contributed by atoms with Crippen LogP contribution >= 0.6 is 11.6 Å². The predicted molar refractivity (Wildman–Crippen MR) is 107 cm³/mol. The third-order valence-electron chi connectivity index (χ3n) is 5.15. The minimum Gasteiger partial charge on any atom is -0.378 e. The van der Waals surface area contributed by atoms with Gasteiger partial charge in [-0.1, -0.05) is 23.7 Å². The highest BCUT2D eigenvalue weighted by molar-refractivity contribution is 6.30. The number of morpholine rings is 1. The Morgan fingerprint density at radius 2 is 1.93 bits per heavy atom. The standard InChI is InChI=1S/C21H24ClN3O2/c22-19-7-1-15(2-8-19)13-17-5-6-18(14-23-24-21(26)16-3-4-16)20(17)25-9-11-27-12-10-25/h1-2,7-8,13-14,16H,3-6,9-12H2,(H,24,26). The number of benzene rings is 1. The summed E-state index contributed by atoms with van der Waals surface area (Å²) in [7, 11) is 0. The van der Waals surface area contributed by atoms with Crippen molar-refractivity contribution in [3.63, 3.8) is 0 Å². The number of nitrogens with zero attached hydrogens (tertiary/aromatic N) is 2. The highest BCUT2D eigenvalue weighted by Gasteiger charge is 2.29. The maximum Gasteiger partial charge on any atom is 0.243 e. The van der Waals surface area contributed by atoms with Gasteiger partial charge in [-0.25, -0.2) is 5.43 Å². The maximum atomic E-state index is 11.8. The van der Waals surface area contributed by atoms with Crippen molar-refractivity contribution in [2.45, 2.75) is 25.7 Å². The molecule has 1 saturated carbocycles. The lowest BCUT2D eigenvalue weighted by Gasteiger charge is -2.31. The van der Waals surface area contributed by atoms with Crippen LogP contribution in [0.5, 0.6) is 0 Å². The largest absolute Gasteiger partial charge is 0.378 e. The van der Waals surface area contributed by atoms with E-state index in [9.17, 15) is 4.79 Å². The van der Waals surface area contributed by atoms with E-state index >= 15 is 0 Å².